The first-order valence-corrected chi connectivity index (χ1v) is 9.36. The number of hydrogen-bond donors (Lipinski definition) is 0. The molecule has 1 aromatic heterocycles. The van der Waals surface area contributed by atoms with Crippen molar-refractivity contribution in [3.63, 3.8) is 0 Å². The van der Waals surface area contributed by atoms with Crippen molar-refractivity contribution < 1.29 is 4.79 Å². The Kier molecular flexibility index (Phi) is 3.66. The summed E-state index contributed by atoms with van der Waals surface area (Å²) >= 11 is 1.80. The summed E-state index contributed by atoms with van der Waals surface area (Å²) in [6, 6.07) is 3.59. The second kappa shape index (κ2) is 5.64. The summed E-state index contributed by atoms with van der Waals surface area (Å²) in [5, 5.41) is 4.48. The maximum atomic E-state index is 12.9. The molecule has 114 valence electrons. The van der Waals surface area contributed by atoms with Gasteiger partial charge in [-0.05, 0) is 73.3 Å². The number of amides is 2. The van der Waals surface area contributed by atoms with Crippen molar-refractivity contribution in [3.8, 4) is 0 Å². The van der Waals surface area contributed by atoms with Crippen LogP contribution in [-0.4, -0.2) is 41.0 Å². The van der Waals surface area contributed by atoms with E-state index >= 15 is 0 Å². The number of hydrogen-bond acceptors (Lipinski definition) is 2. The largest absolute Gasteiger partial charge is 0.325 e. The van der Waals surface area contributed by atoms with Gasteiger partial charge in [0, 0.05) is 25.2 Å². The molecule has 0 saturated carbocycles. The number of piperidine rings is 2. The Morgan fingerprint density at radius 2 is 1.81 bits per heavy atom. The first-order chi connectivity index (χ1) is 10.3. The minimum absolute atomic E-state index is 0.339. The zero-order valence-corrected chi connectivity index (χ0v) is 13.4. The predicted molar refractivity (Wildman–Crippen MR) is 85.8 cm³/mol. The molecule has 0 N–H and O–H groups in total. The van der Waals surface area contributed by atoms with Crippen LogP contribution in [0.3, 0.4) is 0 Å². The van der Waals surface area contributed by atoms with Crippen molar-refractivity contribution in [1.82, 2.24) is 9.80 Å². The fourth-order valence-electron chi connectivity index (χ4n) is 4.52. The summed E-state index contributed by atoms with van der Waals surface area (Å²) < 4.78 is 0. The number of carbonyl (C=O) groups is 1. The fraction of sp³-hybridized carbons (Fsp3) is 0.706. The third kappa shape index (κ3) is 2.48. The number of fused-ring (bicyclic) bond motifs is 2. The summed E-state index contributed by atoms with van der Waals surface area (Å²) in [6.45, 7) is 1.95. The molecule has 4 heteroatoms. The van der Waals surface area contributed by atoms with Gasteiger partial charge in [0.05, 0.1) is 0 Å². The molecule has 21 heavy (non-hydrogen) atoms. The molecule has 0 aromatic carbocycles. The number of urea groups is 1. The molecule has 3 atom stereocenters. The van der Waals surface area contributed by atoms with Crippen LogP contribution < -0.4 is 0 Å². The van der Waals surface area contributed by atoms with Gasteiger partial charge in [0.15, 0.2) is 0 Å². The molecule has 0 aliphatic carbocycles. The molecule has 3 saturated heterocycles. The van der Waals surface area contributed by atoms with Gasteiger partial charge < -0.3 is 9.80 Å². The van der Waals surface area contributed by atoms with Crippen LogP contribution in [0.4, 0.5) is 4.79 Å². The Labute approximate surface area is 130 Å². The molecule has 3 fully saturated rings. The quantitative estimate of drug-likeness (QED) is 0.767. The van der Waals surface area contributed by atoms with Crippen LogP contribution in [0.1, 0.15) is 56.4 Å². The molecule has 3 aliphatic heterocycles. The number of nitrogens with zero attached hydrogens (tertiary/aromatic N) is 2. The van der Waals surface area contributed by atoms with Gasteiger partial charge in [-0.25, -0.2) is 4.79 Å². The first-order valence-electron chi connectivity index (χ1n) is 8.42. The third-order valence-electron chi connectivity index (χ3n) is 5.60. The Bertz CT molecular complexity index is 481. The lowest BCUT2D eigenvalue weighted by atomic mass is 9.86. The van der Waals surface area contributed by atoms with Crippen molar-refractivity contribution in [3.05, 3.63) is 22.4 Å². The van der Waals surface area contributed by atoms with E-state index in [0.717, 1.165) is 13.1 Å². The molecule has 2 bridgehead atoms. The van der Waals surface area contributed by atoms with Crippen LogP contribution in [0.25, 0.3) is 0 Å². The third-order valence-corrected chi connectivity index (χ3v) is 6.30. The van der Waals surface area contributed by atoms with Crippen molar-refractivity contribution in [2.45, 2.75) is 62.9 Å². The normalized spacial score (nSPS) is 32.5. The van der Waals surface area contributed by atoms with Crippen molar-refractivity contribution in [1.29, 1.82) is 0 Å². The Hall–Kier alpha value is -1.03. The number of likely N-dealkylation sites (tertiary alicyclic amines) is 1. The van der Waals surface area contributed by atoms with E-state index in [9.17, 15) is 4.79 Å². The van der Waals surface area contributed by atoms with Crippen molar-refractivity contribution in [2.75, 3.05) is 13.1 Å². The number of thiophene rings is 1. The van der Waals surface area contributed by atoms with E-state index in [0.29, 0.717) is 24.0 Å². The average molecular weight is 304 g/mol. The minimum Gasteiger partial charge on any atom is -0.325 e. The standard InChI is InChI=1S/C17H24N2OS/c20-17(18-7-2-1-3-8-18)19-15-4-5-16(19)11-14(10-15)13-6-9-21-12-13/h6,9,12,14-16H,1-5,7-8,10-11H2/t14-,15+,16-. The van der Waals surface area contributed by atoms with Gasteiger partial charge in [-0.3, -0.25) is 0 Å². The van der Waals surface area contributed by atoms with Crippen LogP contribution >= 0.6 is 11.3 Å². The van der Waals surface area contributed by atoms with Gasteiger partial charge in [0.2, 0.25) is 0 Å². The number of carbonyl (C=O) groups excluding carboxylic acids is 1. The van der Waals surface area contributed by atoms with E-state index in [1.165, 1.54) is 50.5 Å². The van der Waals surface area contributed by atoms with Gasteiger partial charge >= 0.3 is 6.03 Å². The van der Waals surface area contributed by atoms with Crippen molar-refractivity contribution in [2.24, 2.45) is 0 Å². The molecule has 3 aliphatic rings. The Morgan fingerprint density at radius 1 is 1.10 bits per heavy atom. The van der Waals surface area contributed by atoms with Crippen LogP contribution in [0, 0.1) is 0 Å². The molecular formula is C17H24N2OS. The summed E-state index contributed by atoms with van der Waals surface area (Å²) in [5.41, 5.74) is 1.50. The van der Waals surface area contributed by atoms with Crippen LogP contribution in [0.5, 0.6) is 0 Å². The van der Waals surface area contributed by atoms with Gasteiger partial charge in [0.1, 0.15) is 0 Å². The maximum Gasteiger partial charge on any atom is 0.320 e. The summed E-state index contributed by atoms with van der Waals surface area (Å²) in [4.78, 5) is 17.2. The average Bonchev–Trinajstić information content (AvgIpc) is 3.14. The number of rotatable bonds is 1. The van der Waals surface area contributed by atoms with Crippen molar-refractivity contribution >= 4 is 17.4 Å². The van der Waals surface area contributed by atoms with Gasteiger partial charge in [-0.1, -0.05) is 0 Å². The molecular weight excluding hydrogens is 280 g/mol. The highest BCUT2D eigenvalue weighted by molar-refractivity contribution is 7.07. The Morgan fingerprint density at radius 3 is 2.43 bits per heavy atom. The van der Waals surface area contributed by atoms with Crippen LogP contribution in [0.15, 0.2) is 16.8 Å². The van der Waals surface area contributed by atoms with Crippen LogP contribution in [0.2, 0.25) is 0 Å². The topological polar surface area (TPSA) is 23.6 Å². The van der Waals surface area contributed by atoms with E-state index in [-0.39, 0.29) is 0 Å². The van der Waals surface area contributed by atoms with E-state index in [1.54, 1.807) is 11.3 Å². The SMILES string of the molecule is O=C(N1CCCCC1)N1[C@@H]2CC[C@H]1C[C@@H](c1ccsc1)C2. The second-order valence-corrected chi connectivity index (χ2v) is 7.63. The summed E-state index contributed by atoms with van der Waals surface area (Å²) in [6.07, 6.45) is 8.44. The molecule has 3 nitrogen and oxygen atoms in total. The lowest BCUT2D eigenvalue weighted by molar-refractivity contribution is 0.0991. The molecule has 0 radical (unpaired) electrons. The van der Waals surface area contributed by atoms with E-state index < -0.39 is 0 Å². The lowest BCUT2D eigenvalue weighted by Crippen LogP contribution is -2.52. The zero-order valence-electron chi connectivity index (χ0n) is 12.5. The first kappa shape index (κ1) is 13.6. The molecule has 0 spiro atoms. The monoisotopic (exact) mass is 304 g/mol. The molecule has 4 heterocycles. The highest BCUT2D eigenvalue weighted by Gasteiger charge is 2.44. The molecule has 0 unspecified atom stereocenters. The van der Waals surface area contributed by atoms with Gasteiger partial charge in [0.25, 0.3) is 0 Å². The molecule has 4 rings (SSSR count). The van der Waals surface area contributed by atoms with Crippen LogP contribution in [-0.2, 0) is 0 Å². The van der Waals surface area contributed by atoms with Gasteiger partial charge in [-0.15, -0.1) is 0 Å². The minimum atomic E-state index is 0.339. The molecule has 1 aromatic rings. The fourth-order valence-corrected chi connectivity index (χ4v) is 5.26. The predicted octanol–water partition coefficient (Wildman–Crippen LogP) is 4.06. The highest BCUT2D eigenvalue weighted by atomic mass is 32.1. The maximum absolute atomic E-state index is 12.9. The molecule has 2 amide bonds. The second-order valence-electron chi connectivity index (χ2n) is 6.85. The van der Waals surface area contributed by atoms with Gasteiger partial charge in [-0.2, -0.15) is 11.3 Å². The lowest BCUT2D eigenvalue weighted by Gasteiger charge is -2.42. The summed E-state index contributed by atoms with van der Waals surface area (Å²) in [7, 11) is 0. The zero-order chi connectivity index (χ0) is 14.2. The Balaban J connectivity index is 1.47. The highest BCUT2D eigenvalue weighted by Crippen LogP contribution is 2.44. The smallest absolute Gasteiger partial charge is 0.320 e. The van der Waals surface area contributed by atoms with E-state index in [1.807, 2.05) is 0 Å². The van der Waals surface area contributed by atoms with E-state index in [2.05, 4.69) is 26.6 Å². The van der Waals surface area contributed by atoms with E-state index in [4.69, 9.17) is 0 Å². The summed E-state index contributed by atoms with van der Waals surface area (Å²) in [5.74, 6) is 0.680.